The number of rotatable bonds is 6. The molecule has 1 aromatic heterocycles. The number of pyridine rings is 1. The number of halogens is 2. The first-order valence-electron chi connectivity index (χ1n) is 10.3. The van der Waals surface area contributed by atoms with Crippen LogP contribution in [0.25, 0.3) is 5.57 Å². The van der Waals surface area contributed by atoms with Gasteiger partial charge in [0.25, 0.3) is 5.92 Å². The van der Waals surface area contributed by atoms with Crippen LogP contribution in [0.5, 0.6) is 0 Å². The molecular formula is C20H27F2N5O3S. The van der Waals surface area contributed by atoms with Gasteiger partial charge in [-0.05, 0) is 51.1 Å². The van der Waals surface area contributed by atoms with Crippen molar-refractivity contribution in [1.29, 1.82) is 0 Å². The van der Waals surface area contributed by atoms with Crippen LogP contribution < -0.4 is 13.9 Å². The van der Waals surface area contributed by atoms with E-state index in [0.29, 0.717) is 30.8 Å². The molecule has 1 aromatic rings. The third kappa shape index (κ3) is 4.25. The summed E-state index contributed by atoms with van der Waals surface area (Å²) in [6, 6.07) is 3.44. The zero-order chi connectivity index (χ0) is 22.6. The fourth-order valence-corrected chi connectivity index (χ4v) is 5.45. The SMILES string of the molecule is CN(C)CC(=O)NC1CC=C(c2ccc3c(n2)N(C)S(=O)(=O)N3CC2CC2(F)F)CC1. The van der Waals surface area contributed by atoms with E-state index in [-0.39, 0.29) is 30.7 Å². The second-order valence-electron chi connectivity index (χ2n) is 8.71. The van der Waals surface area contributed by atoms with Gasteiger partial charge in [0.15, 0.2) is 5.82 Å². The summed E-state index contributed by atoms with van der Waals surface area (Å²) >= 11 is 0. The topological polar surface area (TPSA) is 85.9 Å². The van der Waals surface area contributed by atoms with Crippen LogP contribution in [0.3, 0.4) is 0 Å². The maximum absolute atomic E-state index is 13.4. The lowest BCUT2D eigenvalue weighted by Crippen LogP contribution is -2.40. The summed E-state index contributed by atoms with van der Waals surface area (Å²) in [5.41, 5.74) is 1.98. The van der Waals surface area contributed by atoms with Gasteiger partial charge in [-0.25, -0.2) is 22.4 Å². The lowest BCUT2D eigenvalue weighted by Gasteiger charge is -2.24. The standard InChI is InChI=1S/C20H27F2N5O3S/c1-25(2)12-18(28)23-15-6-4-13(5-7-15)16-8-9-17-19(24-16)26(3)31(29,30)27(17)11-14-10-20(14,21)22/h4,8-9,14-15H,5-7,10-12H2,1-3H3,(H,23,28). The Hall–Kier alpha value is -2.27. The molecule has 2 unspecified atom stereocenters. The average molecular weight is 456 g/mol. The number of alkyl halides is 2. The molecule has 0 aromatic carbocycles. The predicted molar refractivity (Wildman–Crippen MR) is 114 cm³/mol. The highest BCUT2D eigenvalue weighted by Crippen LogP contribution is 2.51. The molecular weight excluding hydrogens is 428 g/mol. The number of likely N-dealkylation sites (N-methyl/N-ethyl adjacent to an activating group) is 1. The summed E-state index contributed by atoms with van der Waals surface area (Å²) in [7, 11) is 1.16. The van der Waals surface area contributed by atoms with E-state index in [1.165, 1.54) is 7.05 Å². The lowest BCUT2D eigenvalue weighted by atomic mass is 9.93. The monoisotopic (exact) mass is 455 g/mol. The van der Waals surface area contributed by atoms with Gasteiger partial charge < -0.3 is 10.2 Å². The quantitative estimate of drug-likeness (QED) is 0.708. The van der Waals surface area contributed by atoms with Crippen molar-refractivity contribution in [3.8, 4) is 0 Å². The van der Waals surface area contributed by atoms with Crippen molar-refractivity contribution in [2.24, 2.45) is 5.92 Å². The second kappa shape index (κ2) is 7.70. The fourth-order valence-electron chi connectivity index (χ4n) is 4.05. The van der Waals surface area contributed by atoms with Crippen LogP contribution in [0.1, 0.15) is 31.4 Å². The Morgan fingerprint density at radius 1 is 1.35 bits per heavy atom. The number of aromatic nitrogens is 1. The van der Waals surface area contributed by atoms with Crippen molar-refractivity contribution < 1.29 is 22.0 Å². The van der Waals surface area contributed by atoms with E-state index < -0.39 is 22.0 Å². The molecule has 8 nitrogen and oxygen atoms in total. The highest BCUT2D eigenvalue weighted by atomic mass is 32.2. The van der Waals surface area contributed by atoms with Crippen molar-refractivity contribution in [2.75, 3.05) is 42.8 Å². The van der Waals surface area contributed by atoms with Crippen LogP contribution in [0.4, 0.5) is 20.3 Å². The number of anilines is 2. The summed E-state index contributed by atoms with van der Waals surface area (Å²) in [5.74, 6) is -3.52. The van der Waals surface area contributed by atoms with E-state index >= 15 is 0 Å². The maximum atomic E-state index is 13.4. The number of hydrogen-bond acceptors (Lipinski definition) is 5. The Bertz CT molecular complexity index is 1030. The van der Waals surface area contributed by atoms with Crippen LogP contribution in [-0.2, 0) is 15.0 Å². The van der Waals surface area contributed by atoms with Gasteiger partial charge in [0.05, 0.1) is 17.9 Å². The summed E-state index contributed by atoms with van der Waals surface area (Å²) in [5, 5.41) is 3.02. The predicted octanol–water partition coefficient (Wildman–Crippen LogP) is 1.85. The second-order valence-corrected chi connectivity index (χ2v) is 10.6. The number of nitrogens with one attached hydrogen (secondary N) is 1. The Kier molecular flexibility index (Phi) is 5.45. The molecule has 1 aliphatic heterocycles. The van der Waals surface area contributed by atoms with Gasteiger partial charge in [-0.3, -0.25) is 4.79 Å². The Morgan fingerprint density at radius 2 is 2.06 bits per heavy atom. The van der Waals surface area contributed by atoms with Crippen LogP contribution in [0.2, 0.25) is 0 Å². The summed E-state index contributed by atoms with van der Waals surface area (Å²) < 4.78 is 54.3. The first-order chi connectivity index (χ1) is 14.5. The molecule has 1 N–H and O–H groups in total. The number of carbonyl (C=O) groups excluding carboxylic acids is 1. The molecule has 1 fully saturated rings. The molecule has 1 saturated carbocycles. The first-order valence-corrected chi connectivity index (χ1v) is 11.7. The van der Waals surface area contributed by atoms with Gasteiger partial charge in [0.2, 0.25) is 5.91 Å². The Morgan fingerprint density at radius 3 is 2.65 bits per heavy atom. The molecule has 170 valence electrons. The molecule has 2 aliphatic carbocycles. The minimum Gasteiger partial charge on any atom is -0.352 e. The third-order valence-corrected chi connectivity index (χ3v) is 7.72. The van der Waals surface area contributed by atoms with Gasteiger partial charge >= 0.3 is 10.2 Å². The highest BCUT2D eigenvalue weighted by Gasteiger charge is 2.59. The molecule has 0 radical (unpaired) electrons. The summed E-state index contributed by atoms with van der Waals surface area (Å²) in [6.45, 7) is 0.0915. The number of allylic oxidation sites excluding steroid dienone is 1. The number of fused-ring (bicyclic) bond motifs is 1. The number of hydrogen-bond donors (Lipinski definition) is 1. The largest absolute Gasteiger partial charge is 0.352 e. The van der Waals surface area contributed by atoms with Gasteiger partial charge in [-0.1, -0.05) is 6.08 Å². The zero-order valence-electron chi connectivity index (χ0n) is 17.8. The summed E-state index contributed by atoms with van der Waals surface area (Å²) in [4.78, 5) is 18.3. The molecule has 31 heavy (non-hydrogen) atoms. The molecule has 0 saturated heterocycles. The number of amides is 1. The van der Waals surface area contributed by atoms with Crippen molar-refractivity contribution in [3.63, 3.8) is 0 Å². The molecule has 2 atom stereocenters. The average Bonchev–Trinajstić information content (AvgIpc) is 3.25. The Labute approximate surface area is 181 Å². The van der Waals surface area contributed by atoms with E-state index in [1.54, 1.807) is 12.1 Å². The van der Waals surface area contributed by atoms with Gasteiger partial charge in [-0.15, -0.1) is 0 Å². The smallest absolute Gasteiger partial charge is 0.327 e. The van der Waals surface area contributed by atoms with Crippen LogP contribution in [0.15, 0.2) is 18.2 Å². The summed E-state index contributed by atoms with van der Waals surface area (Å²) in [6.07, 6.45) is 3.87. The molecule has 11 heteroatoms. The number of carbonyl (C=O) groups is 1. The minimum atomic E-state index is -3.91. The molecule has 3 aliphatic rings. The maximum Gasteiger partial charge on any atom is 0.327 e. The Balaban J connectivity index is 1.49. The van der Waals surface area contributed by atoms with E-state index in [1.807, 2.05) is 25.1 Å². The molecule has 4 rings (SSSR count). The molecule has 0 bridgehead atoms. The van der Waals surface area contributed by atoms with Gasteiger partial charge in [0, 0.05) is 32.0 Å². The molecule has 1 amide bonds. The van der Waals surface area contributed by atoms with Crippen molar-refractivity contribution in [2.45, 2.75) is 37.6 Å². The van der Waals surface area contributed by atoms with Crippen molar-refractivity contribution in [1.82, 2.24) is 15.2 Å². The highest BCUT2D eigenvalue weighted by molar-refractivity contribution is 7.94. The van der Waals surface area contributed by atoms with Crippen molar-refractivity contribution in [3.05, 3.63) is 23.9 Å². The van der Waals surface area contributed by atoms with Crippen molar-refractivity contribution >= 4 is 33.2 Å². The van der Waals surface area contributed by atoms with Crippen LogP contribution >= 0.6 is 0 Å². The van der Waals surface area contributed by atoms with E-state index in [0.717, 1.165) is 20.6 Å². The number of nitrogens with zero attached hydrogens (tertiary/aromatic N) is 4. The van der Waals surface area contributed by atoms with Gasteiger partial charge in [0.1, 0.15) is 0 Å². The molecule has 2 heterocycles. The zero-order valence-corrected chi connectivity index (χ0v) is 18.6. The van der Waals surface area contributed by atoms with Gasteiger partial charge in [-0.2, -0.15) is 8.42 Å². The molecule has 0 spiro atoms. The first kappa shape index (κ1) is 21.9. The third-order valence-electron chi connectivity index (χ3n) is 5.95. The van der Waals surface area contributed by atoms with Crippen LogP contribution in [-0.4, -0.2) is 70.4 Å². The van der Waals surface area contributed by atoms with E-state index in [2.05, 4.69) is 10.3 Å². The van der Waals surface area contributed by atoms with Crippen LogP contribution in [0, 0.1) is 5.92 Å². The normalized spacial score (nSPS) is 25.9. The van der Waals surface area contributed by atoms with E-state index in [9.17, 15) is 22.0 Å². The minimum absolute atomic E-state index is 0.0179. The fraction of sp³-hybridized carbons (Fsp3) is 0.600. The van der Waals surface area contributed by atoms with E-state index in [4.69, 9.17) is 0 Å². The lowest BCUT2D eigenvalue weighted by molar-refractivity contribution is -0.122.